The number of phenols is 1. The molecular weight excluding hydrogens is 359 g/mol. The van der Waals surface area contributed by atoms with Gasteiger partial charge in [-0.25, -0.2) is 17.8 Å². The molecule has 0 atom stereocenters. The van der Waals surface area contributed by atoms with Crippen LogP contribution in [-0.4, -0.2) is 18.5 Å². The lowest BCUT2D eigenvalue weighted by molar-refractivity contribution is 0.475. The van der Waals surface area contributed by atoms with Crippen LogP contribution in [0, 0.1) is 5.82 Å². The van der Waals surface area contributed by atoms with E-state index in [1.165, 1.54) is 30.7 Å². The second-order valence-electron chi connectivity index (χ2n) is 4.75. The van der Waals surface area contributed by atoms with Gasteiger partial charge >= 0.3 is 0 Å². The van der Waals surface area contributed by atoms with Gasteiger partial charge in [-0.2, -0.15) is 0 Å². The highest BCUT2D eigenvalue weighted by Crippen LogP contribution is 2.32. The van der Waals surface area contributed by atoms with Crippen molar-refractivity contribution in [1.29, 1.82) is 0 Å². The van der Waals surface area contributed by atoms with Crippen molar-refractivity contribution in [3.8, 4) is 17.2 Å². The van der Waals surface area contributed by atoms with Gasteiger partial charge in [0.2, 0.25) is 5.89 Å². The smallest absolute Gasteiger partial charge is 0.261 e. The maximum Gasteiger partial charge on any atom is 0.261 e. The summed E-state index contributed by atoms with van der Waals surface area (Å²) in [6.45, 7) is 0. The van der Waals surface area contributed by atoms with Crippen molar-refractivity contribution >= 4 is 27.3 Å². The normalized spacial score (nSPS) is 11.4. The van der Waals surface area contributed by atoms with E-state index in [0.717, 1.165) is 18.2 Å². The molecule has 0 amide bonds. The standard InChI is InChI=1S/C15H10ClFN2O4S/c16-12-8-10(2-4-13(12)17)24(21,22)19-14-7-9(20)1-3-11(14)15-18-5-6-23-15/h1-8,19-20H. The van der Waals surface area contributed by atoms with Crippen LogP contribution >= 0.6 is 11.6 Å². The van der Waals surface area contributed by atoms with Crippen LogP contribution in [-0.2, 0) is 10.0 Å². The first-order valence-corrected chi connectivity index (χ1v) is 8.44. The van der Waals surface area contributed by atoms with E-state index in [1.54, 1.807) is 0 Å². The third-order valence-corrected chi connectivity index (χ3v) is 4.76. The topological polar surface area (TPSA) is 92.4 Å². The van der Waals surface area contributed by atoms with Crippen LogP contribution < -0.4 is 4.72 Å². The Morgan fingerprint density at radius 1 is 1.21 bits per heavy atom. The van der Waals surface area contributed by atoms with Gasteiger partial charge in [0.25, 0.3) is 10.0 Å². The largest absolute Gasteiger partial charge is 0.508 e. The minimum Gasteiger partial charge on any atom is -0.508 e. The second-order valence-corrected chi connectivity index (χ2v) is 6.84. The zero-order valence-electron chi connectivity index (χ0n) is 11.9. The van der Waals surface area contributed by atoms with Crippen LogP contribution in [0.25, 0.3) is 11.5 Å². The molecule has 2 aromatic carbocycles. The molecule has 2 N–H and O–H groups in total. The number of halogens is 2. The Hall–Kier alpha value is -2.58. The first-order valence-electron chi connectivity index (χ1n) is 6.57. The molecule has 0 aliphatic rings. The fraction of sp³-hybridized carbons (Fsp3) is 0. The van der Waals surface area contributed by atoms with Crippen LogP contribution in [0.15, 0.2) is 58.2 Å². The van der Waals surface area contributed by atoms with E-state index in [9.17, 15) is 17.9 Å². The third kappa shape index (κ3) is 3.19. The van der Waals surface area contributed by atoms with Crippen LogP contribution in [0.4, 0.5) is 10.1 Å². The molecule has 0 spiro atoms. The number of hydrogen-bond acceptors (Lipinski definition) is 5. The summed E-state index contributed by atoms with van der Waals surface area (Å²) in [7, 11) is -4.06. The first-order chi connectivity index (χ1) is 11.4. The van der Waals surface area contributed by atoms with E-state index in [1.807, 2.05) is 0 Å². The highest BCUT2D eigenvalue weighted by atomic mass is 35.5. The zero-order chi connectivity index (χ0) is 17.3. The van der Waals surface area contributed by atoms with Crippen molar-refractivity contribution in [3.63, 3.8) is 0 Å². The maximum atomic E-state index is 13.2. The Labute approximate surface area is 141 Å². The van der Waals surface area contributed by atoms with E-state index < -0.39 is 15.8 Å². The Kier molecular flexibility index (Phi) is 4.16. The summed E-state index contributed by atoms with van der Waals surface area (Å²) in [5.74, 6) is -0.710. The van der Waals surface area contributed by atoms with Gasteiger partial charge in [-0.3, -0.25) is 4.72 Å². The minimum absolute atomic E-state index is 0.0536. The van der Waals surface area contributed by atoms with Crippen LogP contribution in [0.1, 0.15) is 0 Å². The van der Waals surface area contributed by atoms with Crippen LogP contribution in [0.5, 0.6) is 5.75 Å². The molecule has 3 rings (SSSR count). The van der Waals surface area contributed by atoms with Crippen molar-refractivity contribution in [2.75, 3.05) is 4.72 Å². The lowest BCUT2D eigenvalue weighted by atomic mass is 10.2. The van der Waals surface area contributed by atoms with Gasteiger partial charge in [-0.15, -0.1) is 0 Å². The van der Waals surface area contributed by atoms with Gasteiger partial charge in [-0.1, -0.05) is 11.6 Å². The molecule has 9 heteroatoms. The second kappa shape index (κ2) is 6.14. The number of aromatic hydroxyl groups is 1. The lowest BCUT2D eigenvalue weighted by Gasteiger charge is -2.12. The molecule has 24 heavy (non-hydrogen) atoms. The summed E-state index contributed by atoms with van der Waals surface area (Å²) in [5, 5.41) is 9.31. The number of sulfonamides is 1. The molecule has 0 bridgehead atoms. The minimum atomic E-state index is -4.06. The van der Waals surface area contributed by atoms with Gasteiger partial charge < -0.3 is 9.52 Å². The van der Waals surface area contributed by atoms with E-state index in [4.69, 9.17) is 16.0 Å². The number of aromatic nitrogens is 1. The van der Waals surface area contributed by atoms with Crippen molar-refractivity contribution in [3.05, 3.63) is 59.7 Å². The van der Waals surface area contributed by atoms with E-state index >= 15 is 0 Å². The number of anilines is 1. The Morgan fingerprint density at radius 2 is 2.00 bits per heavy atom. The van der Waals surface area contributed by atoms with Gasteiger partial charge in [0, 0.05) is 6.07 Å². The van der Waals surface area contributed by atoms with Crippen LogP contribution in [0.3, 0.4) is 0 Å². The Bertz CT molecular complexity index is 991. The maximum absolute atomic E-state index is 13.2. The van der Waals surface area contributed by atoms with Gasteiger partial charge in [0.15, 0.2) is 0 Å². The SMILES string of the molecule is O=S(=O)(Nc1cc(O)ccc1-c1ncco1)c1ccc(F)c(Cl)c1. The van der Waals surface area contributed by atoms with Crippen molar-refractivity contribution in [2.45, 2.75) is 4.90 Å². The molecular formula is C15H10ClFN2O4S. The molecule has 0 radical (unpaired) electrons. The Morgan fingerprint density at radius 3 is 2.67 bits per heavy atom. The highest BCUT2D eigenvalue weighted by molar-refractivity contribution is 7.92. The summed E-state index contributed by atoms with van der Waals surface area (Å²) < 4.78 is 45.6. The number of phenolic OH excluding ortho intramolecular Hbond substituents is 1. The molecule has 6 nitrogen and oxygen atoms in total. The third-order valence-electron chi connectivity index (χ3n) is 3.11. The van der Waals surface area contributed by atoms with E-state index in [-0.39, 0.29) is 27.2 Å². The molecule has 124 valence electrons. The fourth-order valence-corrected chi connectivity index (χ4v) is 3.35. The zero-order valence-corrected chi connectivity index (χ0v) is 13.5. The number of hydrogen-bond donors (Lipinski definition) is 2. The molecule has 0 aliphatic heterocycles. The fourth-order valence-electron chi connectivity index (χ4n) is 2.01. The van der Waals surface area contributed by atoms with Crippen LogP contribution in [0.2, 0.25) is 5.02 Å². The van der Waals surface area contributed by atoms with E-state index in [2.05, 4.69) is 9.71 Å². The first kappa shape index (κ1) is 16.3. The molecule has 0 aliphatic carbocycles. The van der Waals surface area contributed by atoms with E-state index in [0.29, 0.717) is 5.56 Å². The lowest BCUT2D eigenvalue weighted by Crippen LogP contribution is -2.13. The molecule has 0 fully saturated rings. The van der Waals surface area contributed by atoms with Crippen molar-refractivity contribution < 1.29 is 22.3 Å². The quantitative estimate of drug-likeness (QED) is 0.733. The summed E-state index contributed by atoms with van der Waals surface area (Å²) in [6, 6.07) is 7.06. The average Bonchev–Trinajstić information content (AvgIpc) is 3.03. The van der Waals surface area contributed by atoms with Crippen molar-refractivity contribution in [1.82, 2.24) is 4.98 Å². The number of rotatable bonds is 4. The molecule has 0 saturated carbocycles. The molecule has 0 saturated heterocycles. The summed E-state index contributed by atoms with van der Waals surface area (Å²) in [4.78, 5) is 3.73. The Balaban J connectivity index is 2.04. The molecule has 3 aromatic rings. The molecule has 1 aromatic heterocycles. The number of benzene rings is 2. The number of nitrogens with one attached hydrogen (secondary N) is 1. The van der Waals surface area contributed by atoms with Gasteiger partial charge in [-0.05, 0) is 30.3 Å². The number of nitrogens with zero attached hydrogens (tertiary/aromatic N) is 1. The summed E-state index contributed by atoms with van der Waals surface area (Å²) >= 11 is 5.63. The number of oxazole rings is 1. The predicted molar refractivity (Wildman–Crippen MR) is 85.8 cm³/mol. The average molecular weight is 369 g/mol. The predicted octanol–water partition coefficient (Wildman–Crippen LogP) is 3.64. The molecule has 0 unspecified atom stereocenters. The van der Waals surface area contributed by atoms with Gasteiger partial charge in [0.05, 0.1) is 27.4 Å². The van der Waals surface area contributed by atoms with Crippen molar-refractivity contribution in [2.24, 2.45) is 0 Å². The summed E-state index contributed by atoms with van der Waals surface area (Å²) in [6.07, 6.45) is 2.74. The monoisotopic (exact) mass is 368 g/mol. The van der Waals surface area contributed by atoms with Gasteiger partial charge in [0.1, 0.15) is 17.8 Å². The highest BCUT2D eigenvalue weighted by Gasteiger charge is 2.20. The molecule has 1 heterocycles. The summed E-state index contributed by atoms with van der Waals surface area (Å²) in [5.41, 5.74) is 0.382.